The number of carbonyl (C=O) groups is 1. The summed E-state index contributed by atoms with van der Waals surface area (Å²) in [5, 5.41) is 7.15. The molecule has 0 saturated heterocycles. The molecule has 0 aliphatic carbocycles. The van der Waals surface area contributed by atoms with Gasteiger partial charge in [0.15, 0.2) is 17.3 Å². The minimum Gasteiger partial charge on any atom is -0.493 e. The van der Waals surface area contributed by atoms with Crippen molar-refractivity contribution < 1.29 is 18.8 Å². The third kappa shape index (κ3) is 4.34. The van der Waals surface area contributed by atoms with Gasteiger partial charge >= 0.3 is 5.76 Å². The first kappa shape index (κ1) is 19.5. The number of hydrogen-bond donors (Lipinski definition) is 1. The van der Waals surface area contributed by atoms with Gasteiger partial charge in [-0.3, -0.25) is 9.32 Å². The van der Waals surface area contributed by atoms with Crippen molar-refractivity contribution in [1.29, 1.82) is 0 Å². The smallest absolute Gasteiger partial charge is 0.442 e. The predicted octanol–water partition coefficient (Wildman–Crippen LogP) is 2.49. The van der Waals surface area contributed by atoms with Gasteiger partial charge in [0, 0.05) is 17.1 Å². The summed E-state index contributed by atoms with van der Waals surface area (Å²) in [7, 11) is 3.02. The molecule has 0 fully saturated rings. The molecule has 0 saturated carbocycles. The van der Waals surface area contributed by atoms with Gasteiger partial charge in [0.05, 0.1) is 14.2 Å². The average Bonchev–Trinajstić information content (AvgIpc) is 3.07. The Labute approximate surface area is 165 Å². The molecule has 1 aromatic heterocycles. The van der Waals surface area contributed by atoms with E-state index < -0.39 is 5.76 Å². The largest absolute Gasteiger partial charge is 0.493 e. The SMILES string of the molecule is COc1ccc(-c2noc(=O)n2CC(=O)NCc2ccc(Cl)cc2)cc1OC. The quantitative estimate of drug-likeness (QED) is 0.651. The lowest BCUT2D eigenvalue weighted by molar-refractivity contribution is -0.121. The summed E-state index contributed by atoms with van der Waals surface area (Å²) in [4.78, 5) is 24.3. The van der Waals surface area contributed by atoms with E-state index in [2.05, 4.69) is 10.5 Å². The molecule has 9 heteroatoms. The van der Waals surface area contributed by atoms with Crippen LogP contribution >= 0.6 is 11.6 Å². The van der Waals surface area contributed by atoms with Crippen LogP contribution in [-0.2, 0) is 17.9 Å². The van der Waals surface area contributed by atoms with Crippen LogP contribution in [0, 0.1) is 0 Å². The van der Waals surface area contributed by atoms with Gasteiger partial charge < -0.3 is 14.8 Å². The molecule has 0 radical (unpaired) electrons. The van der Waals surface area contributed by atoms with Gasteiger partial charge in [-0.05, 0) is 35.9 Å². The van der Waals surface area contributed by atoms with Gasteiger partial charge in [-0.2, -0.15) is 0 Å². The van der Waals surface area contributed by atoms with Crippen molar-refractivity contribution in [2.24, 2.45) is 0 Å². The van der Waals surface area contributed by atoms with E-state index in [-0.39, 0.29) is 18.3 Å². The van der Waals surface area contributed by atoms with Gasteiger partial charge in [0.25, 0.3) is 0 Å². The monoisotopic (exact) mass is 403 g/mol. The molecule has 3 aromatic rings. The van der Waals surface area contributed by atoms with E-state index in [9.17, 15) is 9.59 Å². The van der Waals surface area contributed by atoms with E-state index in [1.165, 1.54) is 14.2 Å². The standard InChI is InChI=1S/C19H18ClN3O5/c1-26-15-8-5-13(9-16(15)27-2)18-22-28-19(25)23(18)11-17(24)21-10-12-3-6-14(20)7-4-12/h3-9H,10-11H2,1-2H3,(H,21,24). The number of ether oxygens (including phenoxy) is 2. The highest BCUT2D eigenvalue weighted by atomic mass is 35.5. The molecule has 1 N–H and O–H groups in total. The van der Waals surface area contributed by atoms with Crippen molar-refractivity contribution in [3.63, 3.8) is 0 Å². The van der Waals surface area contributed by atoms with Crippen molar-refractivity contribution in [3.8, 4) is 22.9 Å². The Kier molecular flexibility index (Phi) is 6.00. The Hall–Kier alpha value is -3.26. The molecule has 0 unspecified atom stereocenters. The Balaban J connectivity index is 1.76. The number of halogens is 1. The minimum absolute atomic E-state index is 0.215. The van der Waals surface area contributed by atoms with Crippen molar-refractivity contribution in [1.82, 2.24) is 15.0 Å². The molecule has 28 heavy (non-hydrogen) atoms. The maximum absolute atomic E-state index is 12.3. The van der Waals surface area contributed by atoms with Gasteiger partial charge in [0.1, 0.15) is 6.54 Å². The zero-order valence-corrected chi connectivity index (χ0v) is 16.0. The lowest BCUT2D eigenvalue weighted by Gasteiger charge is -2.10. The van der Waals surface area contributed by atoms with E-state index in [1.54, 1.807) is 30.3 Å². The first-order valence-corrected chi connectivity index (χ1v) is 8.69. The van der Waals surface area contributed by atoms with Crippen molar-refractivity contribution in [2.45, 2.75) is 13.1 Å². The zero-order valence-electron chi connectivity index (χ0n) is 15.3. The maximum Gasteiger partial charge on any atom is 0.442 e. The molecule has 0 aliphatic rings. The second-order valence-electron chi connectivity index (χ2n) is 5.83. The van der Waals surface area contributed by atoms with Crippen LogP contribution in [0.1, 0.15) is 5.56 Å². The number of aromatic nitrogens is 2. The molecule has 1 amide bonds. The molecule has 0 atom stereocenters. The Morgan fingerprint density at radius 2 is 1.86 bits per heavy atom. The van der Waals surface area contributed by atoms with Crippen molar-refractivity contribution in [2.75, 3.05) is 14.2 Å². The van der Waals surface area contributed by atoms with Gasteiger partial charge in [-0.1, -0.05) is 28.9 Å². The Morgan fingerprint density at radius 1 is 1.14 bits per heavy atom. The molecular formula is C19H18ClN3O5. The molecule has 1 heterocycles. The fourth-order valence-corrected chi connectivity index (χ4v) is 2.72. The Bertz CT molecular complexity index is 1030. The highest BCUT2D eigenvalue weighted by Crippen LogP contribution is 2.31. The lowest BCUT2D eigenvalue weighted by atomic mass is 10.2. The number of hydrogen-bond acceptors (Lipinski definition) is 6. The number of nitrogens with zero attached hydrogens (tertiary/aromatic N) is 2. The third-order valence-electron chi connectivity index (χ3n) is 4.03. The summed E-state index contributed by atoms with van der Waals surface area (Å²) in [5.74, 6) is 0.125. The molecule has 0 aliphatic heterocycles. The number of benzene rings is 2. The van der Waals surface area contributed by atoms with Crippen LogP contribution in [0.25, 0.3) is 11.4 Å². The second-order valence-corrected chi connectivity index (χ2v) is 6.27. The summed E-state index contributed by atoms with van der Waals surface area (Å²) in [6.07, 6.45) is 0. The zero-order chi connectivity index (χ0) is 20.1. The number of amides is 1. The fraction of sp³-hybridized carbons (Fsp3) is 0.211. The molecule has 146 valence electrons. The van der Waals surface area contributed by atoms with Crippen LogP contribution in [-0.4, -0.2) is 29.9 Å². The summed E-state index contributed by atoms with van der Waals surface area (Å²) in [6, 6.07) is 12.1. The predicted molar refractivity (Wildman–Crippen MR) is 103 cm³/mol. The Morgan fingerprint density at radius 3 is 2.54 bits per heavy atom. The molecule has 8 nitrogen and oxygen atoms in total. The summed E-state index contributed by atoms with van der Waals surface area (Å²) in [6.45, 7) is 0.0708. The van der Waals surface area contributed by atoms with E-state index in [0.29, 0.717) is 28.6 Å². The summed E-state index contributed by atoms with van der Waals surface area (Å²) in [5.41, 5.74) is 1.43. The summed E-state index contributed by atoms with van der Waals surface area (Å²) < 4.78 is 16.4. The van der Waals surface area contributed by atoms with Crippen molar-refractivity contribution in [3.05, 3.63) is 63.6 Å². The van der Waals surface area contributed by atoms with E-state index in [0.717, 1.165) is 10.1 Å². The number of nitrogens with one attached hydrogen (secondary N) is 1. The van der Waals surface area contributed by atoms with E-state index in [4.69, 9.17) is 25.6 Å². The normalized spacial score (nSPS) is 10.5. The van der Waals surface area contributed by atoms with Crippen LogP contribution in [0.3, 0.4) is 0 Å². The van der Waals surface area contributed by atoms with Crippen molar-refractivity contribution >= 4 is 17.5 Å². The van der Waals surface area contributed by atoms with Crippen LogP contribution in [0.15, 0.2) is 51.8 Å². The van der Waals surface area contributed by atoms with Crippen LogP contribution in [0.2, 0.25) is 5.02 Å². The van der Waals surface area contributed by atoms with Crippen LogP contribution in [0.5, 0.6) is 11.5 Å². The highest BCUT2D eigenvalue weighted by molar-refractivity contribution is 6.30. The van der Waals surface area contributed by atoms with Crippen LogP contribution in [0.4, 0.5) is 0 Å². The first-order chi connectivity index (χ1) is 13.5. The topological polar surface area (TPSA) is 95.6 Å². The molecule has 0 bridgehead atoms. The maximum atomic E-state index is 12.3. The third-order valence-corrected chi connectivity index (χ3v) is 4.28. The minimum atomic E-state index is -0.730. The van der Waals surface area contributed by atoms with E-state index >= 15 is 0 Å². The molecule has 0 spiro atoms. The van der Waals surface area contributed by atoms with Gasteiger partial charge in [-0.15, -0.1) is 0 Å². The highest BCUT2D eigenvalue weighted by Gasteiger charge is 2.17. The average molecular weight is 404 g/mol. The van der Waals surface area contributed by atoms with Gasteiger partial charge in [-0.25, -0.2) is 9.36 Å². The molecule has 3 rings (SSSR count). The van der Waals surface area contributed by atoms with Gasteiger partial charge in [0.2, 0.25) is 5.91 Å². The fourth-order valence-electron chi connectivity index (χ4n) is 2.59. The lowest BCUT2D eigenvalue weighted by Crippen LogP contribution is -2.30. The van der Waals surface area contributed by atoms with Crippen LogP contribution < -0.4 is 20.5 Å². The molecule has 2 aromatic carbocycles. The van der Waals surface area contributed by atoms with E-state index in [1.807, 2.05) is 12.1 Å². The first-order valence-electron chi connectivity index (χ1n) is 8.32. The number of rotatable bonds is 7. The second kappa shape index (κ2) is 8.62. The number of carbonyl (C=O) groups excluding carboxylic acids is 1. The molecular weight excluding hydrogens is 386 g/mol. The summed E-state index contributed by atoms with van der Waals surface area (Å²) >= 11 is 5.84. The number of methoxy groups -OCH3 is 2.